The highest BCUT2D eigenvalue weighted by molar-refractivity contribution is 6.11. The number of para-hydroxylation sites is 2. The van der Waals surface area contributed by atoms with Crippen molar-refractivity contribution in [1.82, 2.24) is 0 Å². The van der Waals surface area contributed by atoms with Crippen LogP contribution in [-0.4, -0.2) is 0 Å². The summed E-state index contributed by atoms with van der Waals surface area (Å²) in [5, 5.41) is 6.98. The predicted octanol–water partition coefficient (Wildman–Crippen LogP) is 16.8. The van der Waals surface area contributed by atoms with Gasteiger partial charge in [0.15, 0.2) is 0 Å². The normalized spacial score (nSPS) is 11.6. The predicted molar refractivity (Wildman–Crippen MR) is 255 cm³/mol. The monoisotopic (exact) mass is 779 g/mol. The first-order chi connectivity index (χ1) is 30.2. The van der Waals surface area contributed by atoms with Crippen molar-refractivity contribution in [3.8, 4) is 44.5 Å². The smallest absolute Gasteiger partial charge is 0.143 e. The molecule has 3 nitrogen and oxygen atoms in total. The van der Waals surface area contributed by atoms with Crippen molar-refractivity contribution in [2.24, 2.45) is 0 Å². The Kier molecular flexibility index (Phi) is 8.17. The van der Waals surface area contributed by atoms with E-state index in [0.717, 1.165) is 94.3 Å². The minimum atomic E-state index is 0.887. The molecule has 0 spiro atoms. The van der Waals surface area contributed by atoms with Gasteiger partial charge in [0.05, 0.1) is 0 Å². The number of rotatable bonds is 7. The van der Waals surface area contributed by atoms with E-state index in [1.54, 1.807) is 0 Å². The molecule has 12 aromatic rings. The third-order valence-electron chi connectivity index (χ3n) is 12.1. The Balaban J connectivity index is 0.919. The number of furan rings is 2. The van der Waals surface area contributed by atoms with Crippen molar-refractivity contribution in [2.75, 3.05) is 4.90 Å². The Hall–Kier alpha value is -8.14. The van der Waals surface area contributed by atoms with Crippen LogP contribution in [0.5, 0.6) is 0 Å². The molecule has 2 aromatic heterocycles. The van der Waals surface area contributed by atoms with Crippen LogP contribution >= 0.6 is 0 Å². The van der Waals surface area contributed by atoms with Crippen molar-refractivity contribution < 1.29 is 8.83 Å². The van der Waals surface area contributed by atoms with Gasteiger partial charge in [-0.15, -0.1) is 0 Å². The highest BCUT2D eigenvalue weighted by Gasteiger charge is 2.17. The molecule has 0 radical (unpaired) electrons. The SMILES string of the molecule is c1ccc(-c2cccc3c2oc2ccc(-c4ccc(N(c5ccc(-c6ccc7oc8ccccc8c7c6)cc5)c5ccc(-c6cccc7ccccc67)cc5)cc4)cc23)cc1. The van der Waals surface area contributed by atoms with Crippen molar-refractivity contribution in [3.63, 3.8) is 0 Å². The molecule has 0 N–H and O–H groups in total. The molecule has 0 aliphatic carbocycles. The molecule has 10 aromatic carbocycles. The van der Waals surface area contributed by atoms with Gasteiger partial charge in [-0.1, -0.05) is 158 Å². The number of anilines is 3. The lowest BCUT2D eigenvalue weighted by Crippen LogP contribution is -2.09. The van der Waals surface area contributed by atoms with E-state index in [0.29, 0.717) is 0 Å². The van der Waals surface area contributed by atoms with E-state index in [9.17, 15) is 0 Å². The average molecular weight is 780 g/mol. The molecule has 0 amide bonds. The van der Waals surface area contributed by atoms with Crippen molar-refractivity contribution in [3.05, 3.63) is 224 Å². The van der Waals surface area contributed by atoms with E-state index in [2.05, 4.69) is 211 Å². The molecule has 61 heavy (non-hydrogen) atoms. The Morgan fingerprint density at radius 2 is 0.721 bits per heavy atom. The summed E-state index contributed by atoms with van der Waals surface area (Å²) < 4.78 is 12.6. The number of nitrogens with zero attached hydrogens (tertiary/aromatic N) is 1. The van der Waals surface area contributed by atoms with Gasteiger partial charge in [-0.05, 0) is 116 Å². The lowest BCUT2D eigenvalue weighted by atomic mass is 9.98. The van der Waals surface area contributed by atoms with Crippen LogP contribution in [-0.2, 0) is 0 Å². The van der Waals surface area contributed by atoms with E-state index in [1.807, 2.05) is 18.2 Å². The second-order valence-electron chi connectivity index (χ2n) is 15.7. The summed E-state index contributed by atoms with van der Waals surface area (Å²) in [5.74, 6) is 0. The molecule has 3 heteroatoms. The van der Waals surface area contributed by atoms with E-state index in [1.165, 1.54) is 21.9 Å². The number of hydrogen-bond acceptors (Lipinski definition) is 3. The van der Waals surface area contributed by atoms with E-state index >= 15 is 0 Å². The summed E-state index contributed by atoms with van der Waals surface area (Å²) in [6.45, 7) is 0. The van der Waals surface area contributed by atoms with Crippen LogP contribution in [0.15, 0.2) is 233 Å². The van der Waals surface area contributed by atoms with Gasteiger partial charge in [-0.3, -0.25) is 0 Å². The number of hydrogen-bond donors (Lipinski definition) is 0. The summed E-state index contributed by atoms with van der Waals surface area (Å²) in [6.07, 6.45) is 0. The maximum atomic E-state index is 6.49. The first-order valence-corrected chi connectivity index (χ1v) is 20.7. The molecule has 2 heterocycles. The second-order valence-corrected chi connectivity index (χ2v) is 15.7. The summed E-state index contributed by atoms with van der Waals surface area (Å²) >= 11 is 0. The summed E-state index contributed by atoms with van der Waals surface area (Å²) in [7, 11) is 0. The summed E-state index contributed by atoms with van der Waals surface area (Å²) in [4.78, 5) is 2.34. The number of benzene rings is 10. The summed E-state index contributed by atoms with van der Waals surface area (Å²) in [6, 6.07) is 80.0. The van der Waals surface area contributed by atoms with Crippen LogP contribution in [0.2, 0.25) is 0 Å². The standard InChI is InChI=1S/C58H37NO2/c1-2-10-41(11-3-1)50-17-9-18-52-54-37-44(27-35-57(54)61-58(50)52)39-22-30-46(31-23-39)59(47-32-24-42(25-33-47)49-16-8-13-40-12-4-5-14-48(40)49)45-28-20-38(21-29-45)43-26-34-56-53(36-43)51-15-6-7-19-55(51)60-56/h1-37H. The van der Waals surface area contributed by atoms with Crippen LogP contribution in [0, 0.1) is 0 Å². The Labute approximate surface area is 353 Å². The molecular weight excluding hydrogens is 743 g/mol. The van der Waals surface area contributed by atoms with Crippen LogP contribution in [0.1, 0.15) is 0 Å². The van der Waals surface area contributed by atoms with Crippen LogP contribution in [0.4, 0.5) is 17.1 Å². The fraction of sp³-hybridized carbons (Fsp3) is 0. The summed E-state index contributed by atoms with van der Waals surface area (Å²) in [5.41, 5.74) is 16.1. The first-order valence-electron chi connectivity index (χ1n) is 20.7. The molecule has 286 valence electrons. The van der Waals surface area contributed by atoms with E-state index < -0.39 is 0 Å². The molecule has 0 aliphatic rings. The van der Waals surface area contributed by atoms with Crippen molar-refractivity contribution in [2.45, 2.75) is 0 Å². The zero-order chi connectivity index (χ0) is 40.3. The van der Waals surface area contributed by atoms with Gasteiger partial charge < -0.3 is 13.7 Å². The van der Waals surface area contributed by atoms with Crippen LogP contribution in [0.25, 0.3) is 99.2 Å². The van der Waals surface area contributed by atoms with Gasteiger partial charge in [0.25, 0.3) is 0 Å². The Bertz CT molecular complexity index is 3560. The van der Waals surface area contributed by atoms with E-state index in [4.69, 9.17) is 8.83 Å². The zero-order valence-corrected chi connectivity index (χ0v) is 33.1. The quantitative estimate of drug-likeness (QED) is 0.161. The van der Waals surface area contributed by atoms with Crippen molar-refractivity contribution >= 4 is 71.7 Å². The molecule has 0 bridgehead atoms. The fourth-order valence-corrected chi connectivity index (χ4v) is 9.05. The minimum absolute atomic E-state index is 0.887. The van der Waals surface area contributed by atoms with Gasteiger partial charge in [0.1, 0.15) is 22.3 Å². The molecule has 0 saturated carbocycles. The maximum absolute atomic E-state index is 6.49. The Morgan fingerprint density at radius 1 is 0.262 bits per heavy atom. The molecule has 0 saturated heterocycles. The lowest BCUT2D eigenvalue weighted by Gasteiger charge is -2.26. The fourth-order valence-electron chi connectivity index (χ4n) is 9.05. The molecular formula is C58H37NO2. The molecule has 12 rings (SSSR count). The van der Waals surface area contributed by atoms with E-state index in [-0.39, 0.29) is 0 Å². The first kappa shape index (κ1) is 34.9. The molecule has 0 fully saturated rings. The van der Waals surface area contributed by atoms with Crippen LogP contribution in [0.3, 0.4) is 0 Å². The highest BCUT2D eigenvalue weighted by Crippen LogP contribution is 2.41. The topological polar surface area (TPSA) is 29.5 Å². The number of fused-ring (bicyclic) bond motifs is 7. The maximum Gasteiger partial charge on any atom is 0.143 e. The van der Waals surface area contributed by atoms with Gasteiger partial charge in [0.2, 0.25) is 0 Å². The minimum Gasteiger partial charge on any atom is -0.456 e. The van der Waals surface area contributed by atoms with Crippen molar-refractivity contribution in [1.29, 1.82) is 0 Å². The van der Waals surface area contributed by atoms with Gasteiger partial charge >= 0.3 is 0 Å². The van der Waals surface area contributed by atoms with Gasteiger partial charge in [-0.25, -0.2) is 0 Å². The average Bonchev–Trinajstić information content (AvgIpc) is 3.90. The highest BCUT2D eigenvalue weighted by atomic mass is 16.3. The largest absolute Gasteiger partial charge is 0.456 e. The van der Waals surface area contributed by atoms with Gasteiger partial charge in [0, 0.05) is 44.2 Å². The second kappa shape index (κ2) is 14.3. The third kappa shape index (κ3) is 6.06. The molecule has 0 unspecified atom stereocenters. The van der Waals surface area contributed by atoms with Gasteiger partial charge in [-0.2, -0.15) is 0 Å². The van der Waals surface area contributed by atoms with Crippen LogP contribution < -0.4 is 4.90 Å². The third-order valence-corrected chi connectivity index (χ3v) is 12.1. The zero-order valence-electron chi connectivity index (χ0n) is 33.1. The molecule has 0 atom stereocenters. The Morgan fingerprint density at radius 3 is 1.41 bits per heavy atom. The molecule has 0 aliphatic heterocycles. The lowest BCUT2D eigenvalue weighted by molar-refractivity contribution is 0.669.